The van der Waals surface area contributed by atoms with Crippen molar-refractivity contribution in [3.63, 3.8) is 0 Å². The number of benzene rings is 1. The first-order chi connectivity index (χ1) is 9.88. The molecule has 0 aliphatic heterocycles. The van der Waals surface area contributed by atoms with Crippen molar-refractivity contribution in [2.45, 2.75) is 32.9 Å². The van der Waals surface area contributed by atoms with Crippen molar-refractivity contribution >= 4 is 5.91 Å². The van der Waals surface area contributed by atoms with Crippen LogP contribution in [0.5, 0.6) is 5.75 Å². The molecule has 0 saturated carbocycles. The lowest BCUT2D eigenvalue weighted by atomic mass is 10.2. The van der Waals surface area contributed by atoms with E-state index in [9.17, 15) is 9.90 Å². The minimum absolute atomic E-state index is 0.0421. The van der Waals surface area contributed by atoms with Gasteiger partial charge in [0, 0.05) is 12.6 Å². The van der Waals surface area contributed by atoms with E-state index in [1.165, 1.54) is 0 Å². The van der Waals surface area contributed by atoms with Gasteiger partial charge in [-0.05, 0) is 39.4 Å². The van der Waals surface area contributed by atoms with Crippen LogP contribution in [0.1, 0.15) is 19.4 Å². The Balaban J connectivity index is 2.31. The summed E-state index contributed by atoms with van der Waals surface area (Å²) in [6.45, 7) is 6.66. The van der Waals surface area contributed by atoms with Gasteiger partial charge in [-0.15, -0.1) is 0 Å². The van der Waals surface area contributed by atoms with Gasteiger partial charge < -0.3 is 15.2 Å². The Kier molecular flexibility index (Phi) is 7.19. The third-order valence-electron chi connectivity index (χ3n) is 2.91. The Bertz CT molecular complexity index is 449. The topological polar surface area (TPSA) is 61.8 Å². The predicted octanol–water partition coefficient (Wildman–Crippen LogP) is 1.19. The molecule has 1 amide bonds. The molecule has 0 aliphatic rings. The van der Waals surface area contributed by atoms with Crippen molar-refractivity contribution in [2.24, 2.45) is 0 Å². The number of carbonyl (C=O) groups is 1. The molecule has 1 unspecified atom stereocenters. The van der Waals surface area contributed by atoms with Crippen molar-refractivity contribution in [1.82, 2.24) is 10.2 Å². The molecule has 0 saturated heterocycles. The van der Waals surface area contributed by atoms with Gasteiger partial charge in [0.15, 0.2) is 0 Å². The van der Waals surface area contributed by atoms with Crippen LogP contribution in [0.4, 0.5) is 0 Å². The molecule has 0 aliphatic carbocycles. The molecule has 0 fully saturated rings. The summed E-state index contributed by atoms with van der Waals surface area (Å²) in [6.07, 6.45) is -0.638. The number of amides is 1. The number of rotatable bonds is 8. The van der Waals surface area contributed by atoms with Crippen molar-refractivity contribution in [3.05, 3.63) is 29.8 Å². The fourth-order valence-electron chi connectivity index (χ4n) is 1.99. The average molecular weight is 294 g/mol. The van der Waals surface area contributed by atoms with Crippen LogP contribution < -0.4 is 10.1 Å². The molecule has 118 valence electrons. The van der Waals surface area contributed by atoms with E-state index >= 15 is 0 Å². The number of likely N-dealkylation sites (N-methyl/N-ethyl adjacent to an activating group) is 1. The van der Waals surface area contributed by atoms with Gasteiger partial charge in [-0.2, -0.15) is 0 Å². The first-order valence-corrected chi connectivity index (χ1v) is 7.23. The van der Waals surface area contributed by atoms with Crippen LogP contribution >= 0.6 is 0 Å². The summed E-state index contributed by atoms with van der Waals surface area (Å²) in [5.74, 6) is 0.733. The Morgan fingerprint density at radius 3 is 2.67 bits per heavy atom. The summed E-state index contributed by atoms with van der Waals surface area (Å²) in [5.41, 5.74) is 1.04. The van der Waals surface area contributed by atoms with E-state index in [1.807, 2.05) is 45.0 Å². The molecule has 5 heteroatoms. The number of aliphatic hydroxyl groups excluding tert-OH is 1. The van der Waals surface area contributed by atoms with Crippen LogP contribution in [0.3, 0.4) is 0 Å². The zero-order chi connectivity index (χ0) is 15.8. The zero-order valence-corrected chi connectivity index (χ0v) is 13.3. The van der Waals surface area contributed by atoms with E-state index in [-0.39, 0.29) is 25.1 Å². The zero-order valence-electron chi connectivity index (χ0n) is 13.3. The van der Waals surface area contributed by atoms with Crippen molar-refractivity contribution in [1.29, 1.82) is 0 Å². The lowest BCUT2D eigenvalue weighted by Crippen LogP contribution is -2.42. The van der Waals surface area contributed by atoms with Crippen molar-refractivity contribution in [3.8, 4) is 5.75 Å². The average Bonchev–Trinajstić information content (AvgIpc) is 2.36. The number of para-hydroxylation sites is 1. The molecule has 5 nitrogen and oxygen atoms in total. The molecule has 1 atom stereocenters. The minimum atomic E-state index is -0.638. The number of nitrogens with zero attached hydrogens (tertiary/aromatic N) is 1. The van der Waals surface area contributed by atoms with Gasteiger partial charge in [0.25, 0.3) is 0 Å². The maximum atomic E-state index is 11.6. The van der Waals surface area contributed by atoms with Gasteiger partial charge >= 0.3 is 0 Å². The summed E-state index contributed by atoms with van der Waals surface area (Å²) in [7, 11) is 1.80. The second-order valence-electron chi connectivity index (χ2n) is 5.65. The maximum absolute atomic E-state index is 11.6. The molecule has 0 heterocycles. The minimum Gasteiger partial charge on any atom is -0.491 e. The summed E-state index contributed by atoms with van der Waals surface area (Å²) in [4.78, 5) is 13.4. The molecular weight excluding hydrogens is 268 g/mol. The highest BCUT2D eigenvalue weighted by Gasteiger charge is 2.13. The first kappa shape index (κ1) is 17.5. The summed E-state index contributed by atoms with van der Waals surface area (Å²) >= 11 is 0. The Morgan fingerprint density at radius 1 is 1.38 bits per heavy atom. The summed E-state index contributed by atoms with van der Waals surface area (Å²) < 4.78 is 5.59. The SMILES string of the molecule is Cc1ccccc1OCC(O)CN(C)CC(=O)NC(C)C. The number of carbonyl (C=O) groups excluding carboxylic acids is 1. The molecule has 0 aromatic heterocycles. The van der Waals surface area contributed by atoms with Crippen LogP contribution in [0.25, 0.3) is 0 Å². The van der Waals surface area contributed by atoms with E-state index in [2.05, 4.69) is 5.32 Å². The molecule has 0 spiro atoms. The van der Waals surface area contributed by atoms with Crippen LogP contribution in [0, 0.1) is 6.92 Å². The molecule has 0 radical (unpaired) electrons. The monoisotopic (exact) mass is 294 g/mol. The van der Waals surface area contributed by atoms with E-state index in [0.717, 1.165) is 11.3 Å². The van der Waals surface area contributed by atoms with E-state index in [0.29, 0.717) is 6.54 Å². The van der Waals surface area contributed by atoms with Crippen LogP contribution in [-0.2, 0) is 4.79 Å². The van der Waals surface area contributed by atoms with Crippen molar-refractivity contribution in [2.75, 3.05) is 26.7 Å². The molecule has 1 aromatic rings. The largest absolute Gasteiger partial charge is 0.491 e. The Hall–Kier alpha value is -1.59. The third kappa shape index (κ3) is 7.11. The molecule has 0 bridgehead atoms. The number of nitrogens with one attached hydrogen (secondary N) is 1. The highest BCUT2D eigenvalue weighted by molar-refractivity contribution is 5.78. The molecule has 2 N–H and O–H groups in total. The van der Waals surface area contributed by atoms with Crippen LogP contribution in [-0.4, -0.2) is 54.8 Å². The number of aryl methyl sites for hydroxylation is 1. The molecule has 1 aromatic carbocycles. The molecule has 1 rings (SSSR count). The van der Waals surface area contributed by atoms with Gasteiger partial charge in [-0.1, -0.05) is 18.2 Å². The smallest absolute Gasteiger partial charge is 0.234 e. The highest BCUT2D eigenvalue weighted by Crippen LogP contribution is 2.16. The number of aliphatic hydroxyl groups is 1. The third-order valence-corrected chi connectivity index (χ3v) is 2.91. The number of hydrogen-bond donors (Lipinski definition) is 2. The summed E-state index contributed by atoms with van der Waals surface area (Å²) in [5, 5.41) is 12.8. The molecule has 21 heavy (non-hydrogen) atoms. The standard InChI is InChI=1S/C16H26N2O3/c1-12(2)17-16(20)10-18(4)9-14(19)11-21-15-8-6-5-7-13(15)3/h5-8,12,14,19H,9-11H2,1-4H3,(H,17,20). The fourth-order valence-corrected chi connectivity index (χ4v) is 1.99. The van der Waals surface area contributed by atoms with Gasteiger partial charge in [0.05, 0.1) is 6.54 Å². The lowest BCUT2D eigenvalue weighted by molar-refractivity contribution is -0.122. The number of hydrogen-bond acceptors (Lipinski definition) is 4. The quantitative estimate of drug-likeness (QED) is 0.756. The van der Waals surface area contributed by atoms with Gasteiger partial charge in [-0.25, -0.2) is 0 Å². The Labute approximate surface area is 126 Å². The van der Waals surface area contributed by atoms with Crippen LogP contribution in [0.2, 0.25) is 0 Å². The molecular formula is C16H26N2O3. The second-order valence-corrected chi connectivity index (χ2v) is 5.65. The highest BCUT2D eigenvalue weighted by atomic mass is 16.5. The maximum Gasteiger partial charge on any atom is 0.234 e. The van der Waals surface area contributed by atoms with E-state index in [1.54, 1.807) is 11.9 Å². The number of ether oxygens (including phenoxy) is 1. The van der Waals surface area contributed by atoms with E-state index < -0.39 is 6.10 Å². The van der Waals surface area contributed by atoms with Gasteiger partial charge in [-0.3, -0.25) is 9.69 Å². The van der Waals surface area contributed by atoms with Crippen molar-refractivity contribution < 1.29 is 14.6 Å². The normalized spacial score (nSPS) is 12.5. The predicted molar refractivity (Wildman–Crippen MR) is 83.5 cm³/mol. The summed E-state index contributed by atoms with van der Waals surface area (Å²) in [6, 6.07) is 7.81. The lowest BCUT2D eigenvalue weighted by Gasteiger charge is -2.21. The van der Waals surface area contributed by atoms with Gasteiger partial charge in [0.2, 0.25) is 5.91 Å². The van der Waals surface area contributed by atoms with E-state index in [4.69, 9.17) is 4.74 Å². The fraction of sp³-hybridized carbons (Fsp3) is 0.562. The van der Waals surface area contributed by atoms with Gasteiger partial charge in [0.1, 0.15) is 18.5 Å². The second kappa shape index (κ2) is 8.64. The first-order valence-electron chi connectivity index (χ1n) is 7.23. The van der Waals surface area contributed by atoms with Crippen LogP contribution in [0.15, 0.2) is 24.3 Å². The Morgan fingerprint density at radius 2 is 2.05 bits per heavy atom.